The zero-order valence-corrected chi connectivity index (χ0v) is 16.7. The lowest BCUT2D eigenvalue weighted by Gasteiger charge is -2.12. The Kier molecular flexibility index (Phi) is 6.28. The van der Waals surface area contributed by atoms with Crippen molar-refractivity contribution in [3.63, 3.8) is 0 Å². The number of rotatable bonds is 7. The number of hydrogen-bond acceptors (Lipinski definition) is 6. The van der Waals surface area contributed by atoms with Gasteiger partial charge in [0.05, 0.1) is 16.8 Å². The van der Waals surface area contributed by atoms with Crippen LogP contribution in [0.15, 0.2) is 76.7 Å². The highest BCUT2D eigenvalue weighted by Crippen LogP contribution is 2.28. The first-order valence-corrected chi connectivity index (χ1v) is 10.2. The number of benzene rings is 3. The molecule has 0 aliphatic heterocycles. The van der Waals surface area contributed by atoms with E-state index in [0.29, 0.717) is 5.02 Å². The molecule has 0 spiro atoms. The standard InChI is InChI=1S/C19H14ClFN4O4S/c20-14-5-7-15(8-6-14)24-30(28,29)19-11-16(25(26)27)9-10-18(19)23-22-12-13-3-1-2-4-17(13)21/h1-12,23-24H. The SMILES string of the molecule is O=[N+]([O-])c1ccc(NN=Cc2ccccc2F)c(S(=O)(=O)Nc2ccc(Cl)cc2)c1. The van der Waals surface area contributed by atoms with Crippen LogP contribution in [-0.4, -0.2) is 19.6 Å². The molecule has 0 aromatic heterocycles. The van der Waals surface area contributed by atoms with Crippen LogP contribution in [0.3, 0.4) is 0 Å². The molecule has 0 heterocycles. The molecule has 0 aliphatic rings. The summed E-state index contributed by atoms with van der Waals surface area (Å²) in [5.74, 6) is -0.510. The molecule has 0 saturated heterocycles. The first-order valence-electron chi connectivity index (χ1n) is 8.37. The molecule has 0 saturated carbocycles. The molecule has 11 heteroatoms. The van der Waals surface area contributed by atoms with Gasteiger partial charge in [0.2, 0.25) is 0 Å². The van der Waals surface area contributed by atoms with E-state index in [1.165, 1.54) is 54.7 Å². The van der Waals surface area contributed by atoms with Gasteiger partial charge in [-0.15, -0.1) is 0 Å². The van der Waals surface area contributed by atoms with E-state index in [9.17, 15) is 22.9 Å². The maximum Gasteiger partial charge on any atom is 0.270 e. The van der Waals surface area contributed by atoms with Crippen molar-refractivity contribution in [3.8, 4) is 0 Å². The number of anilines is 2. The number of non-ortho nitro benzene ring substituents is 1. The lowest BCUT2D eigenvalue weighted by Crippen LogP contribution is -2.15. The molecule has 0 atom stereocenters. The quantitative estimate of drug-likeness (QED) is 0.310. The maximum atomic E-state index is 13.7. The van der Waals surface area contributed by atoms with E-state index in [2.05, 4.69) is 15.2 Å². The highest BCUT2D eigenvalue weighted by Gasteiger charge is 2.22. The average molecular weight is 449 g/mol. The van der Waals surface area contributed by atoms with Gasteiger partial charge in [0.1, 0.15) is 10.7 Å². The monoisotopic (exact) mass is 448 g/mol. The van der Waals surface area contributed by atoms with Gasteiger partial charge in [0.25, 0.3) is 15.7 Å². The van der Waals surface area contributed by atoms with Gasteiger partial charge in [-0.2, -0.15) is 5.10 Å². The number of nitrogens with zero attached hydrogens (tertiary/aromatic N) is 2. The minimum Gasteiger partial charge on any atom is -0.280 e. The molecule has 2 N–H and O–H groups in total. The zero-order chi connectivity index (χ0) is 21.7. The number of hydrogen-bond donors (Lipinski definition) is 2. The second-order valence-electron chi connectivity index (χ2n) is 5.94. The predicted molar refractivity (Wildman–Crippen MR) is 113 cm³/mol. The predicted octanol–water partition coefficient (Wildman–Crippen LogP) is 4.63. The van der Waals surface area contributed by atoms with E-state index in [1.54, 1.807) is 6.07 Å². The van der Waals surface area contributed by atoms with Crippen molar-refractivity contribution in [1.82, 2.24) is 0 Å². The van der Waals surface area contributed by atoms with Gasteiger partial charge in [0.15, 0.2) is 0 Å². The molecule has 3 aromatic carbocycles. The van der Waals surface area contributed by atoms with Crippen LogP contribution >= 0.6 is 11.6 Å². The minimum atomic E-state index is -4.22. The lowest BCUT2D eigenvalue weighted by atomic mass is 10.2. The Morgan fingerprint density at radius 2 is 1.77 bits per heavy atom. The number of sulfonamides is 1. The van der Waals surface area contributed by atoms with Crippen LogP contribution in [0.2, 0.25) is 5.02 Å². The Morgan fingerprint density at radius 1 is 1.07 bits per heavy atom. The van der Waals surface area contributed by atoms with Gasteiger partial charge in [0, 0.05) is 28.4 Å². The van der Waals surface area contributed by atoms with Crippen LogP contribution in [0.25, 0.3) is 0 Å². The van der Waals surface area contributed by atoms with Crippen LogP contribution in [0, 0.1) is 15.9 Å². The smallest absolute Gasteiger partial charge is 0.270 e. The summed E-state index contributed by atoms with van der Waals surface area (Å²) in [6.45, 7) is 0. The number of hydrazone groups is 1. The van der Waals surface area contributed by atoms with Crippen molar-refractivity contribution in [1.29, 1.82) is 0 Å². The number of nitro benzene ring substituents is 1. The summed E-state index contributed by atoms with van der Waals surface area (Å²) >= 11 is 5.79. The largest absolute Gasteiger partial charge is 0.280 e. The molecule has 0 bridgehead atoms. The zero-order valence-electron chi connectivity index (χ0n) is 15.1. The van der Waals surface area contributed by atoms with E-state index in [1.807, 2.05) is 0 Å². The summed E-state index contributed by atoms with van der Waals surface area (Å²) in [5.41, 5.74) is 2.43. The Balaban J connectivity index is 1.94. The molecule has 8 nitrogen and oxygen atoms in total. The van der Waals surface area contributed by atoms with Crippen molar-refractivity contribution in [2.24, 2.45) is 5.10 Å². The van der Waals surface area contributed by atoms with Crippen molar-refractivity contribution >= 4 is 44.9 Å². The summed E-state index contributed by atoms with van der Waals surface area (Å²) in [5, 5.41) is 15.4. The van der Waals surface area contributed by atoms with E-state index in [4.69, 9.17) is 11.6 Å². The number of nitrogens with one attached hydrogen (secondary N) is 2. The van der Waals surface area contributed by atoms with Crippen molar-refractivity contribution in [2.45, 2.75) is 4.90 Å². The first kappa shape index (κ1) is 21.2. The third-order valence-electron chi connectivity index (χ3n) is 3.86. The summed E-state index contributed by atoms with van der Waals surface area (Å²) in [6, 6.07) is 15.0. The molecule has 0 fully saturated rings. The summed E-state index contributed by atoms with van der Waals surface area (Å²) in [7, 11) is -4.22. The van der Waals surface area contributed by atoms with E-state index in [0.717, 1.165) is 12.1 Å². The minimum absolute atomic E-state index is 0.0327. The fraction of sp³-hybridized carbons (Fsp3) is 0. The van der Waals surface area contributed by atoms with E-state index in [-0.39, 0.29) is 16.9 Å². The highest BCUT2D eigenvalue weighted by molar-refractivity contribution is 7.92. The van der Waals surface area contributed by atoms with Gasteiger partial charge >= 0.3 is 0 Å². The first-order chi connectivity index (χ1) is 14.3. The Labute approximate surface area is 176 Å². The topological polar surface area (TPSA) is 114 Å². The van der Waals surface area contributed by atoms with Crippen molar-refractivity contribution in [3.05, 3.63) is 93.2 Å². The summed E-state index contributed by atoms with van der Waals surface area (Å²) in [6.07, 6.45) is 1.17. The van der Waals surface area contributed by atoms with Crippen molar-refractivity contribution < 1.29 is 17.7 Å². The third-order valence-corrected chi connectivity index (χ3v) is 5.53. The van der Waals surface area contributed by atoms with Gasteiger partial charge in [-0.3, -0.25) is 20.3 Å². The van der Waals surface area contributed by atoms with Gasteiger partial charge < -0.3 is 0 Å². The van der Waals surface area contributed by atoms with E-state index < -0.39 is 31.3 Å². The Morgan fingerprint density at radius 3 is 2.43 bits per heavy atom. The van der Waals surface area contributed by atoms with Gasteiger partial charge in [-0.05, 0) is 36.4 Å². The molecule has 154 valence electrons. The molecule has 3 rings (SSSR count). The number of halogens is 2. The molecular weight excluding hydrogens is 435 g/mol. The summed E-state index contributed by atoms with van der Waals surface area (Å²) in [4.78, 5) is 9.99. The van der Waals surface area contributed by atoms with Gasteiger partial charge in [-0.1, -0.05) is 29.8 Å². The van der Waals surface area contributed by atoms with Gasteiger partial charge in [-0.25, -0.2) is 12.8 Å². The fourth-order valence-electron chi connectivity index (χ4n) is 2.42. The second kappa shape index (κ2) is 8.89. The lowest BCUT2D eigenvalue weighted by molar-refractivity contribution is -0.385. The van der Waals surface area contributed by atoms with Crippen LogP contribution in [0.4, 0.5) is 21.5 Å². The fourth-order valence-corrected chi connectivity index (χ4v) is 3.78. The molecule has 0 radical (unpaired) electrons. The Bertz CT molecular complexity index is 1220. The number of nitro groups is 1. The molecule has 0 unspecified atom stereocenters. The normalized spacial score (nSPS) is 11.4. The van der Waals surface area contributed by atoms with Crippen LogP contribution in [0.1, 0.15) is 5.56 Å². The van der Waals surface area contributed by atoms with E-state index >= 15 is 0 Å². The third kappa shape index (κ3) is 5.10. The molecular formula is C19H14ClFN4O4S. The molecule has 30 heavy (non-hydrogen) atoms. The van der Waals surface area contributed by atoms with Crippen LogP contribution in [0.5, 0.6) is 0 Å². The van der Waals surface area contributed by atoms with Crippen LogP contribution in [-0.2, 0) is 10.0 Å². The molecule has 3 aromatic rings. The van der Waals surface area contributed by atoms with Crippen molar-refractivity contribution in [2.75, 3.05) is 10.1 Å². The van der Waals surface area contributed by atoms with Crippen LogP contribution < -0.4 is 10.1 Å². The molecule has 0 aliphatic carbocycles. The second-order valence-corrected chi connectivity index (χ2v) is 8.03. The molecule has 0 amide bonds. The average Bonchev–Trinajstić information content (AvgIpc) is 2.71. The summed E-state index contributed by atoms with van der Waals surface area (Å²) < 4.78 is 41.7. The highest BCUT2D eigenvalue weighted by atomic mass is 35.5. The maximum absolute atomic E-state index is 13.7. The Hall–Kier alpha value is -3.50.